The fraction of sp³-hybridized carbons (Fsp3) is 0.435. The molecular formula is C23H29FN4O5Si. The third kappa shape index (κ3) is 5.15. The molecule has 0 saturated carbocycles. The van der Waals surface area contributed by atoms with Gasteiger partial charge in [-0.1, -0.05) is 20.8 Å². The van der Waals surface area contributed by atoms with Crippen molar-refractivity contribution in [2.75, 3.05) is 18.1 Å². The number of rotatable bonds is 8. The van der Waals surface area contributed by atoms with Crippen LogP contribution in [0, 0.1) is 5.82 Å². The summed E-state index contributed by atoms with van der Waals surface area (Å²) >= 11 is 0. The number of carbonyl (C=O) groups excluding carboxylic acids is 1. The number of aromatic nitrogens is 3. The molecule has 0 unspecified atom stereocenters. The molecule has 9 nitrogen and oxygen atoms in total. The maximum atomic E-state index is 15.0. The number of hydrogen-bond acceptors (Lipinski definition) is 7. The number of carbonyl (C=O) groups is 1. The minimum atomic E-state index is -1.92. The fourth-order valence-electron chi connectivity index (χ4n) is 3.19. The minimum Gasteiger partial charge on any atom is -0.471 e. The Hall–Kier alpha value is -3.18. The molecule has 0 spiro atoms. The Morgan fingerprint density at radius 3 is 2.74 bits per heavy atom. The predicted molar refractivity (Wildman–Crippen MR) is 125 cm³/mol. The summed E-state index contributed by atoms with van der Waals surface area (Å²) < 4.78 is 38.2. The number of benzene rings is 1. The molecule has 182 valence electrons. The van der Waals surface area contributed by atoms with Crippen LogP contribution in [-0.4, -0.2) is 48.4 Å². The van der Waals surface area contributed by atoms with Crippen LogP contribution >= 0.6 is 0 Å². The number of anilines is 1. The second-order valence-electron chi connectivity index (χ2n) is 9.72. The average Bonchev–Trinajstić information content (AvgIpc) is 3.51. The number of amides is 1. The Kier molecular flexibility index (Phi) is 6.50. The third-order valence-electron chi connectivity index (χ3n) is 6.25. The maximum absolute atomic E-state index is 15.0. The second kappa shape index (κ2) is 9.22. The van der Waals surface area contributed by atoms with E-state index in [1.165, 1.54) is 17.2 Å². The zero-order valence-corrected chi connectivity index (χ0v) is 20.9. The molecule has 1 aromatic carbocycles. The molecule has 0 N–H and O–H groups in total. The van der Waals surface area contributed by atoms with Crippen molar-refractivity contribution in [3.63, 3.8) is 0 Å². The molecule has 1 fully saturated rings. The summed E-state index contributed by atoms with van der Waals surface area (Å²) in [6.45, 7) is 11.6. The molecule has 11 heteroatoms. The molecule has 1 saturated heterocycles. The van der Waals surface area contributed by atoms with Gasteiger partial charge in [-0.2, -0.15) is 0 Å². The lowest BCUT2D eigenvalue weighted by Gasteiger charge is -2.35. The van der Waals surface area contributed by atoms with E-state index in [1.54, 1.807) is 35.3 Å². The molecule has 1 amide bonds. The largest absolute Gasteiger partial charge is 0.471 e. The molecule has 0 radical (unpaired) electrons. The highest BCUT2D eigenvalue weighted by Gasteiger charge is 2.37. The van der Waals surface area contributed by atoms with Crippen LogP contribution in [0.5, 0.6) is 5.88 Å². The van der Waals surface area contributed by atoms with Gasteiger partial charge < -0.3 is 23.0 Å². The number of hydrogen-bond donors (Lipinski definition) is 0. The average molecular weight is 489 g/mol. The molecule has 3 heterocycles. The highest BCUT2D eigenvalue weighted by atomic mass is 28.4. The molecule has 0 aliphatic carbocycles. The van der Waals surface area contributed by atoms with E-state index < -0.39 is 26.3 Å². The van der Waals surface area contributed by atoms with E-state index in [4.69, 9.17) is 18.4 Å². The molecule has 1 aliphatic heterocycles. The van der Waals surface area contributed by atoms with Gasteiger partial charge in [-0.25, -0.2) is 14.2 Å². The molecule has 3 aromatic rings. The monoisotopic (exact) mass is 488 g/mol. The van der Waals surface area contributed by atoms with Gasteiger partial charge >= 0.3 is 6.09 Å². The van der Waals surface area contributed by atoms with E-state index in [1.807, 2.05) is 0 Å². The van der Waals surface area contributed by atoms with Gasteiger partial charge in [0.25, 0.3) is 5.88 Å². The van der Waals surface area contributed by atoms with E-state index in [2.05, 4.69) is 44.0 Å². The molecular weight excluding hydrogens is 459 g/mol. The van der Waals surface area contributed by atoms with Crippen LogP contribution in [-0.2, 0) is 15.8 Å². The smallest absolute Gasteiger partial charge is 0.414 e. The van der Waals surface area contributed by atoms with Crippen molar-refractivity contribution < 1.29 is 27.6 Å². The fourth-order valence-corrected chi connectivity index (χ4v) is 4.13. The van der Waals surface area contributed by atoms with Crippen LogP contribution in [0.25, 0.3) is 5.69 Å². The van der Waals surface area contributed by atoms with Crippen LogP contribution in [0.2, 0.25) is 18.1 Å². The summed E-state index contributed by atoms with van der Waals surface area (Å²) in [7, 11) is -1.92. The summed E-state index contributed by atoms with van der Waals surface area (Å²) in [5.74, 6) is -0.179. The first kappa shape index (κ1) is 24.0. The normalized spacial score (nSPS) is 16.7. The van der Waals surface area contributed by atoms with Crippen molar-refractivity contribution in [1.29, 1.82) is 0 Å². The lowest BCUT2D eigenvalue weighted by Crippen LogP contribution is -2.40. The number of imidazole rings is 1. The van der Waals surface area contributed by atoms with Gasteiger partial charge in [0.1, 0.15) is 18.7 Å². The summed E-state index contributed by atoms with van der Waals surface area (Å²) in [5.41, 5.74) is 1.46. The van der Waals surface area contributed by atoms with Gasteiger partial charge in [-0.05, 0) is 41.5 Å². The van der Waals surface area contributed by atoms with Crippen LogP contribution in [0.1, 0.15) is 26.5 Å². The van der Waals surface area contributed by atoms with E-state index in [-0.39, 0.29) is 18.2 Å². The summed E-state index contributed by atoms with van der Waals surface area (Å²) in [5, 5.41) is 3.74. The van der Waals surface area contributed by atoms with Crippen molar-refractivity contribution in [3.05, 3.63) is 54.6 Å². The van der Waals surface area contributed by atoms with Gasteiger partial charge in [0.05, 0.1) is 36.5 Å². The molecule has 1 atom stereocenters. The Morgan fingerprint density at radius 2 is 2.06 bits per heavy atom. The SMILES string of the molecule is CC(C)(C)[Si](C)(C)OCc1cn(-c2ccc(N3C[C@@H](COc4ccon4)OC3=O)cc2F)cn1. The van der Waals surface area contributed by atoms with Crippen LogP contribution in [0.4, 0.5) is 14.9 Å². The summed E-state index contributed by atoms with van der Waals surface area (Å²) in [6.07, 6.45) is 3.63. The lowest BCUT2D eigenvalue weighted by atomic mass is 10.2. The first-order valence-corrected chi connectivity index (χ1v) is 13.9. The van der Waals surface area contributed by atoms with E-state index in [0.717, 1.165) is 5.69 Å². The molecule has 34 heavy (non-hydrogen) atoms. The van der Waals surface area contributed by atoms with Crippen molar-refractivity contribution in [3.8, 4) is 11.6 Å². The van der Waals surface area contributed by atoms with Gasteiger partial charge in [-0.3, -0.25) is 4.90 Å². The minimum absolute atomic E-state index is 0.0928. The zero-order valence-electron chi connectivity index (χ0n) is 19.9. The first-order valence-electron chi connectivity index (χ1n) is 11.0. The van der Waals surface area contributed by atoms with Crippen LogP contribution in [0.15, 0.2) is 47.6 Å². The van der Waals surface area contributed by atoms with E-state index in [0.29, 0.717) is 23.9 Å². The molecule has 1 aliphatic rings. The maximum Gasteiger partial charge on any atom is 0.414 e. The molecule has 2 aromatic heterocycles. The predicted octanol–water partition coefficient (Wildman–Crippen LogP) is 4.93. The number of halogens is 1. The van der Waals surface area contributed by atoms with Gasteiger partial charge in [0, 0.05) is 12.3 Å². The molecule has 0 bridgehead atoms. The van der Waals surface area contributed by atoms with Crippen molar-refractivity contribution >= 4 is 20.1 Å². The Morgan fingerprint density at radius 1 is 1.26 bits per heavy atom. The summed E-state index contributed by atoms with van der Waals surface area (Å²) in [6, 6.07) is 6.15. The highest BCUT2D eigenvalue weighted by Crippen LogP contribution is 2.37. The standard InChI is InChI=1S/C23H29FN4O5Si/c1-23(2,3)34(4,5)32-13-16-11-27(15-25-16)20-7-6-17(10-19(20)24)28-12-18(33-22(28)29)14-30-21-8-9-31-26-21/h6-11,15,18H,12-14H2,1-5H3/t18-/m0/s1. The number of nitrogens with zero attached hydrogens (tertiary/aromatic N) is 4. The van der Waals surface area contributed by atoms with Crippen molar-refractivity contribution in [2.45, 2.75) is 51.6 Å². The van der Waals surface area contributed by atoms with Gasteiger partial charge in [0.15, 0.2) is 14.4 Å². The summed E-state index contributed by atoms with van der Waals surface area (Å²) in [4.78, 5) is 18.0. The number of cyclic esters (lactones) is 1. The van der Waals surface area contributed by atoms with Crippen LogP contribution < -0.4 is 9.64 Å². The second-order valence-corrected chi connectivity index (χ2v) is 14.5. The van der Waals surface area contributed by atoms with Crippen LogP contribution in [0.3, 0.4) is 0 Å². The topological polar surface area (TPSA) is 91.9 Å². The Bertz CT molecular complexity index is 1140. The molecule has 4 rings (SSSR count). The van der Waals surface area contributed by atoms with E-state index >= 15 is 0 Å². The zero-order chi connectivity index (χ0) is 24.5. The quantitative estimate of drug-likeness (QED) is 0.415. The van der Waals surface area contributed by atoms with Crippen molar-refractivity contribution in [1.82, 2.24) is 14.7 Å². The Balaban J connectivity index is 1.40. The highest BCUT2D eigenvalue weighted by molar-refractivity contribution is 6.74. The van der Waals surface area contributed by atoms with Crippen molar-refractivity contribution in [2.24, 2.45) is 0 Å². The Labute approximate surface area is 198 Å². The first-order chi connectivity index (χ1) is 16.0. The van der Waals surface area contributed by atoms with E-state index in [9.17, 15) is 9.18 Å². The number of ether oxygens (including phenoxy) is 2. The van der Waals surface area contributed by atoms with Gasteiger partial charge in [-0.15, -0.1) is 0 Å². The third-order valence-corrected chi connectivity index (χ3v) is 10.7. The van der Waals surface area contributed by atoms with Gasteiger partial charge in [0.2, 0.25) is 0 Å². The lowest BCUT2D eigenvalue weighted by molar-refractivity contribution is 0.102.